The molecule has 1 rings (SSSR count). The summed E-state index contributed by atoms with van der Waals surface area (Å²) < 4.78 is 0. The molecule has 1 aliphatic carbocycles. The number of nitrogens with zero attached hydrogens (tertiary/aromatic N) is 1. The van der Waals surface area contributed by atoms with Gasteiger partial charge in [-0.1, -0.05) is 46.5 Å². The number of hydrogen-bond acceptors (Lipinski definition) is 11. The van der Waals surface area contributed by atoms with Crippen LogP contribution in [0.15, 0.2) is 4.99 Å². The summed E-state index contributed by atoms with van der Waals surface area (Å²) in [5.74, 6) is -4.42. The zero-order valence-corrected chi connectivity index (χ0v) is 36.4. The van der Waals surface area contributed by atoms with Crippen molar-refractivity contribution < 1.29 is 43.5 Å². The summed E-state index contributed by atoms with van der Waals surface area (Å²) in [5, 5.41) is 27.7. The van der Waals surface area contributed by atoms with Crippen LogP contribution in [-0.4, -0.2) is 126 Å². The van der Waals surface area contributed by atoms with Crippen molar-refractivity contribution in [2.75, 3.05) is 25.2 Å². The number of aliphatic hydroxyl groups excluding tert-OH is 1. The first kappa shape index (κ1) is 52.4. The molecule has 7 atom stereocenters. The Labute approximate surface area is 351 Å². The Morgan fingerprint density at radius 2 is 1.14 bits per heavy atom. The number of hydrogen-bond donors (Lipinski definition) is 11. The average molecular weight is 856 g/mol. The Hall–Kier alpha value is -4.66. The molecule has 0 aliphatic heterocycles. The van der Waals surface area contributed by atoms with Crippen molar-refractivity contribution in [3.05, 3.63) is 0 Å². The Kier molecular flexibility index (Phi) is 24.1. The third-order valence-electron chi connectivity index (χ3n) is 9.91. The number of aliphatic imine (C=N–C) groups is 1. The molecule has 1 saturated carbocycles. The summed E-state index contributed by atoms with van der Waals surface area (Å²) in [6.07, 6.45) is 6.86. The molecule has 0 unspecified atom stereocenters. The Balaban J connectivity index is 3.04. The predicted molar refractivity (Wildman–Crippen MR) is 225 cm³/mol. The van der Waals surface area contributed by atoms with E-state index in [9.17, 15) is 43.5 Å². The van der Waals surface area contributed by atoms with E-state index in [2.05, 4.69) is 49.1 Å². The first-order valence-electron chi connectivity index (χ1n) is 20.2. The fourth-order valence-corrected chi connectivity index (χ4v) is 6.93. The van der Waals surface area contributed by atoms with Crippen molar-refractivity contribution >= 4 is 65.0 Å². The van der Waals surface area contributed by atoms with Crippen LogP contribution in [0.2, 0.25) is 0 Å². The summed E-state index contributed by atoms with van der Waals surface area (Å²) in [5.41, 5.74) is 16.3. The second-order valence-corrected chi connectivity index (χ2v) is 16.8. The van der Waals surface area contributed by atoms with Gasteiger partial charge >= 0.3 is 0 Å². The molecule has 8 amide bonds. The number of amides is 8. The number of carbonyl (C=O) groups excluding carboxylic acids is 8. The fourth-order valence-electron chi connectivity index (χ4n) is 6.46. The topological polar surface area (TPSA) is 331 Å². The van der Waals surface area contributed by atoms with E-state index in [0.29, 0.717) is 24.5 Å². The molecule has 0 spiro atoms. The summed E-state index contributed by atoms with van der Waals surface area (Å²) in [7, 11) is 0. The maximum absolute atomic E-state index is 13.6. The minimum absolute atomic E-state index is 0.0106. The van der Waals surface area contributed by atoms with E-state index in [-0.39, 0.29) is 43.6 Å². The lowest BCUT2D eigenvalue weighted by molar-refractivity contribution is -0.135. The summed E-state index contributed by atoms with van der Waals surface area (Å²) in [6, 6.07) is -8.06. The van der Waals surface area contributed by atoms with Crippen LogP contribution in [0.5, 0.6) is 0 Å². The molecule has 0 heterocycles. The van der Waals surface area contributed by atoms with E-state index < -0.39 is 96.2 Å². The number of primary amides is 1. The van der Waals surface area contributed by atoms with E-state index in [1.807, 2.05) is 13.8 Å². The summed E-state index contributed by atoms with van der Waals surface area (Å²) >= 11 is 1.40. The lowest BCUT2D eigenvalue weighted by Crippen LogP contribution is -2.59. The molecule has 0 aromatic heterocycles. The smallest absolute Gasteiger partial charge is 0.245 e. The van der Waals surface area contributed by atoms with E-state index in [4.69, 9.17) is 17.2 Å². The first-order valence-corrected chi connectivity index (χ1v) is 21.6. The van der Waals surface area contributed by atoms with Gasteiger partial charge in [-0.05, 0) is 75.7 Å². The number of aliphatic hydroxyl groups is 1. The minimum Gasteiger partial charge on any atom is -0.394 e. The lowest BCUT2D eigenvalue weighted by atomic mass is 9.80. The van der Waals surface area contributed by atoms with Gasteiger partial charge in [-0.3, -0.25) is 43.3 Å². The largest absolute Gasteiger partial charge is 0.394 e. The van der Waals surface area contributed by atoms with Gasteiger partial charge in [0.25, 0.3) is 0 Å². The van der Waals surface area contributed by atoms with Gasteiger partial charge in [0.15, 0.2) is 5.96 Å². The van der Waals surface area contributed by atoms with Crippen LogP contribution in [0.25, 0.3) is 0 Å². The number of guanidine groups is 1. The number of thioether (sulfide) groups is 1. The van der Waals surface area contributed by atoms with Crippen molar-refractivity contribution in [3.63, 3.8) is 0 Å². The van der Waals surface area contributed by atoms with Crippen molar-refractivity contribution in [1.29, 1.82) is 0 Å². The predicted octanol–water partition coefficient (Wildman–Crippen LogP) is -2.01. The highest BCUT2D eigenvalue weighted by Gasteiger charge is 2.33. The van der Waals surface area contributed by atoms with E-state index >= 15 is 0 Å². The number of nitrogens with two attached hydrogens (primary N) is 3. The average Bonchev–Trinajstić information content (AvgIpc) is 3.15. The van der Waals surface area contributed by atoms with Gasteiger partial charge in [-0.2, -0.15) is 11.8 Å². The van der Waals surface area contributed by atoms with Crippen molar-refractivity contribution in [2.45, 2.75) is 142 Å². The molecule has 0 aromatic rings. The van der Waals surface area contributed by atoms with Gasteiger partial charge in [-0.15, -0.1) is 0 Å². The van der Waals surface area contributed by atoms with Crippen molar-refractivity contribution in [2.24, 2.45) is 39.9 Å². The molecular formula is C38H69N11O9S. The summed E-state index contributed by atoms with van der Waals surface area (Å²) in [4.78, 5) is 108. The molecule has 0 saturated heterocycles. The SMILES string of the molecule is CSCC[C@H](NC(=O)[C@H](C)NC(=O)[C@H](CCCN=C(N)N)NC(=O)[C@H](CC1CCC(C)CC1)NC(C)=O)C(=O)N[C@@H](C)C(=O)N[C@@H](CO)C(=O)N[C@@H](CC(C)C)C(N)=O. The molecule has 336 valence electrons. The first-order chi connectivity index (χ1) is 27.7. The van der Waals surface area contributed by atoms with Crippen LogP contribution >= 0.6 is 11.8 Å². The Morgan fingerprint density at radius 3 is 1.61 bits per heavy atom. The zero-order chi connectivity index (χ0) is 44.8. The zero-order valence-electron chi connectivity index (χ0n) is 35.6. The van der Waals surface area contributed by atoms with Gasteiger partial charge in [0.05, 0.1) is 6.61 Å². The molecule has 1 fully saturated rings. The van der Waals surface area contributed by atoms with Crippen molar-refractivity contribution in [3.8, 4) is 0 Å². The molecule has 0 bridgehead atoms. The third-order valence-corrected chi connectivity index (χ3v) is 10.6. The van der Waals surface area contributed by atoms with Gasteiger partial charge in [0.1, 0.15) is 42.3 Å². The minimum atomic E-state index is -1.45. The van der Waals surface area contributed by atoms with E-state index in [1.54, 1.807) is 6.26 Å². The number of rotatable bonds is 26. The fraction of sp³-hybridized carbons (Fsp3) is 0.763. The van der Waals surface area contributed by atoms with Gasteiger partial charge in [-0.25, -0.2) is 0 Å². The normalized spacial score (nSPS) is 18.6. The second kappa shape index (κ2) is 27.2. The number of carbonyl (C=O) groups is 8. The molecule has 21 heteroatoms. The van der Waals surface area contributed by atoms with E-state index in [1.165, 1.54) is 32.5 Å². The van der Waals surface area contributed by atoms with E-state index in [0.717, 1.165) is 25.7 Å². The van der Waals surface area contributed by atoms with Crippen LogP contribution < -0.4 is 54.4 Å². The molecule has 59 heavy (non-hydrogen) atoms. The highest BCUT2D eigenvalue weighted by molar-refractivity contribution is 7.98. The molecule has 20 nitrogen and oxygen atoms in total. The maximum Gasteiger partial charge on any atom is 0.245 e. The van der Waals surface area contributed by atoms with Gasteiger partial charge < -0.3 is 59.5 Å². The van der Waals surface area contributed by atoms with Crippen LogP contribution in [-0.2, 0) is 38.4 Å². The second-order valence-electron chi connectivity index (χ2n) is 15.8. The maximum atomic E-state index is 13.6. The van der Waals surface area contributed by atoms with Crippen LogP contribution in [0, 0.1) is 17.8 Å². The molecule has 0 aromatic carbocycles. The Bertz CT molecular complexity index is 1460. The Morgan fingerprint density at radius 1 is 0.661 bits per heavy atom. The third kappa shape index (κ3) is 20.7. The molecule has 0 radical (unpaired) electrons. The standard InChI is InChI=1S/C38H69N11O9S/c1-20(2)17-28(31(39)52)48-37(58)30(19-50)49-33(54)23(5)44-35(56)27(14-16-59-7)46-32(53)22(4)43-34(55)26(9-8-15-42-38(40)41)47-36(57)29(45-24(6)51)18-25-12-10-21(3)11-13-25/h20-23,25-30,50H,8-19H2,1-7H3,(H2,39,52)(H,43,55)(H,44,56)(H,45,51)(H,46,53)(H,47,57)(H,48,58)(H,49,54)(H4,40,41,42)/t21?,22-,23-,25?,26-,27-,28-,29-,30-/m0/s1. The highest BCUT2D eigenvalue weighted by Crippen LogP contribution is 2.31. The van der Waals surface area contributed by atoms with Crippen molar-refractivity contribution in [1.82, 2.24) is 37.2 Å². The number of nitrogens with one attached hydrogen (secondary N) is 7. The quantitative estimate of drug-likeness (QED) is 0.0256. The summed E-state index contributed by atoms with van der Waals surface area (Å²) in [6.45, 7) is 9.25. The molecule has 1 aliphatic rings. The van der Waals surface area contributed by atoms with Crippen LogP contribution in [0.4, 0.5) is 0 Å². The highest BCUT2D eigenvalue weighted by atomic mass is 32.2. The van der Waals surface area contributed by atoms with Gasteiger partial charge in [0.2, 0.25) is 47.3 Å². The van der Waals surface area contributed by atoms with Crippen LogP contribution in [0.3, 0.4) is 0 Å². The van der Waals surface area contributed by atoms with Gasteiger partial charge in [0, 0.05) is 13.5 Å². The monoisotopic (exact) mass is 856 g/mol. The van der Waals surface area contributed by atoms with Crippen LogP contribution in [0.1, 0.15) is 99.3 Å². The molecular weight excluding hydrogens is 787 g/mol. The lowest BCUT2D eigenvalue weighted by Gasteiger charge is -2.30. The molecule has 14 N–H and O–H groups in total.